The summed E-state index contributed by atoms with van der Waals surface area (Å²) < 4.78 is 17.4. The molecule has 0 unspecified atom stereocenters. The third-order valence-corrected chi connectivity index (χ3v) is 5.73. The number of ether oxygens (including phenoxy) is 3. The van der Waals surface area contributed by atoms with Gasteiger partial charge in [-0.1, -0.05) is 18.2 Å². The fourth-order valence-corrected chi connectivity index (χ4v) is 4.28. The molecule has 0 aliphatic carbocycles. The lowest BCUT2D eigenvalue weighted by Crippen LogP contribution is -2.23. The van der Waals surface area contributed by atoms with E-state index in [9.17, 15) is 0 Å². The summed E-state index contributed by atoms with van der Waals surface area (Å²) in [5.74, 6) is 3.38. The molecule has 0 bridgehead atoms. The molecule has 0 radical (unpaired) electrons. The van der Waals surface area contributed by atoms with Gasteiger partial charge < -0.3 is 14.2 Å². The molecule has 2 aromatic carbocycles. The molecule has 0 amide bonds. The Labute approximate surface area is 177 Å². The number of pyridine rings is 1. The number of hydrogen-bond acceptors (Lipinski definition) is 5. The minimum absolute atomic E-state index is 0.413. The highest BCUT2D eigenvalue weighted by atomic mass is 16.6. The lowest BCUT2D eigenvalue weighted by atomic mass is 10.0. The van der Waals surface area contributed by atoms with Crippen LogP contribution in [0, 0.1) is 6.92 Å². The molecule has 0 saturated carbocycles. The lowest BCUT2D eigenvalue weighted by molar-refractivity contribution is 0.170. The van der Waals surface area contributed by atoms with E-state index in [1.54, 1.807) is 6.20 Å². The molecule has 0 N–H and O–H groups in total. The number of fused-ring (bicyclic) bond motifs is 1. The smallest absolute Gasteiger partial charge is 0.161 e. The number of benzene rings is 2. The summed E-state index contributed by atoms with van der Waals surface area (Å²) in [4.78, 5) is 6.76. The Morgan fingerprint density at radius 3 is 2.63 bits per heavy atom. The van der Waals surface area contributed by atoms with E-state index in [4.69, 9.17) is 14.2 Å². The summed E-state index contributed by atoms with van der Waals surface area (Å²) in [6, 6.07) is 19.0. The van der Waals surface area contributed by atoms with E-state index in [0.717, 1.165) is 41.8 Å². The molecular weight excluding hydrogens is 376 g/mol. The van der Waals surface area contributed by atoms with E-state index in [1.165, 1.54) is 24.0 Å². The van der Waals surface area contributed by atoms with Gasteiger partial charge in [0, 0.05) is 30.5 Å². The van der Waals surface area contributed by atoms with Crippen molar-refractivity contribution in [3.05, 3.63) is 77.6 Å². The SMILES string of the molecule is Cc1cc(Oc2ccc(CN3CCC[C@@H]3c3ccc4c(c3)OCCO4)cc2)ccn1. The maximum absolute atomic E-state index is 5.95. The van der Waals surface area contributed by atoms with E-state index in [0.29, 0.717) is 19.3 Å². The maximum Gasteiger partial charge on any atom is 0.161 e. The highest BCUT2D eigenvalue weighted by molar-refractivity contribution is 5.45. The first-order chi connectivity index (χ1) is 14.7. The van der Waals surface area contributed by atoms with E-state index in [1.807, 2.05) is 37.3 Å². The molecule has 154 valence electrons. The second-order valence-electron chi connectivity index (χ2n) is 7.91. The van der Waals surface area contributed by atoms with Crippen LogP contribution in [0.15, 0.2) is 60.8 Å². The quantitative estimate of drug-likeness (QED) is 0.580. The van der Waals surface area contributed by atoms with Gasteiger partial charge in [0.1, 0.15) is 24.7 Å². The highest BCUT2D eigenvalue weighted by Crippen LogP contribution is 2.38. The van der Waals surface area contributed by atoms with Crippen molar-refractivity contribution in [3.8, 4) is 23.0 Å². The largest absolute Gasteiger partial charge is 0.486 e. The van der Waals surface area contributed by atoms with Gasteiger partial charge in [-0.05, 0) is 67.8 Å². The van der Waals surface area contributed by atoms with Crippen molar-refractivity contribution in [2.45, 2.75) is 32.4 Å². The topological polar surface area (TPSA) is 43.8 Å². The molecule has 5 rings (SSSR count). The Morgan fingerprint density at radius 1 is 0.967 bits per heavy atom. The molecule has 1 saturated heterocycles. The zero-order valence-corrected chi connectivity index (χ0v) is 17.2. The second-order valence-corrected chi connectivity index (χ2v) is 7.91. The predicted octanol–water partition coefficient (Wildman–Crippen LogP) is 5.29. The third kappa shape index (κ3) is 4.12. The highest BCUT2D eigenvalue weighted by Gasteiger charge is 2.27. The van der Waals surface area contributed by atoms with Crippen molar-refractivity contribution in [1.82, 2.24) is 9.88 Å². The lowest BCUT2D eigenvalue weighted by Gasteiger charge is -2.26. The maximum atomic E-state index is 5.95. The Kier molecular flexibility index (Phi) is 5.28. The number of hydrogen-bond donors (Lipinski definition) is 0. The summed E-state index contributed by atoms with van der Waals surface area (Å²) in [6.07, 6.45) is 4.15. The summed E-state index contributed by atoms with van der Waals surface area (Å²) in [5, 5.41) is 0. The third-order valence-electron chi connectivity index (χ3n) is 5.73. The fraction of sp³-hybridized carbons (Fsp3) is 0.320. The molecule has 1 aromatic heterocycles. The number of likely N-dealkylation sites (tertiary alicyclic amines) is 1. The van der Waals surface area contributed by atoms with Gasteiger partial charge in [0.2, 0.25) is 0 Å². The van der Waals surface area contributed by atoms with Crippen LogP contribution in [0.2, 0.25) is 0 Å². The summed E-state index contributed by atoms with van der Waals surface area (Å²) in [5.41, 5.74) is 3.55. The first-order valence-electron chi connectivity index (χ1n) is 10.6. The molecule has 0 spiro atoms. The molecule has 3 aromatic rings. The minimum atomic E-state index is 0.413. The van der Waals surface area contributed by atoms with Crippen molar-refractivity contribution in [2.24, 2.45) is 0 Å². The van der Waals surface area contributed by atoms with Crippen molar-refractivity contribution in [2.75, 3.05) is 19.8 Å². The summed E-state index contributed by atoms with van der Waals surface area (Å²) >= 11 is 0. The predicted molar refractivity (Wildman–Crippen MR) is 115 cm³/mol. The van der Waals surface area contributed by atoms with Crippen LogP contribution in [0.1, 0.15) is 35.7 Å². The molecule has 1 fully saturated rings. The van der Waals surface area contributed by atoms with Gasteiger partial charge in [0.05, 0.1) is 0 Å². The first-order valence-corrected chi connectivity index (χ1v) is 10.6. The van der Waals surface area contributed by atoms with Crippen LogP contribution < -0.4 is 14.2 Å². The van der Waals surface area contributed by atoms with Crippen molar-refractivity contribution < 1.29 is 14.2 Å². The Bertz CT molecular complexity index is 1020. The van der Waals surface area contributed by atoms with Gasteiger partial charge in [0.15, 0.2) is 11.5 Å². The Balaban J connectivity index is 1.27. The van der Waals surface area contributed by atoms with Crippen molar-refractivity contribution in [1.29, 1.82) is 0 Å². The average Bonchev–Trinajstić information content (AvgIpc) is 3.23. The average molecular weight is 402 g/mol. The Hall–Kier alpha value is -3.05. The van der Waals surface area contributed by atoms with Crippen LogP contribution in [0.4, 0.5) is 0 Å². The number of aromatic nitrogens is 1. The van der Waals surface area contributed by atoms with Crippen molar-refractivity contribution in [3.63, 3.8) is 0 Å². The monoisotopic (exact) mass is 402 g/mol. The summed E-state index contributed by atoms with van der Waals surface area (Å²) in [7, 11) is 0. The fourth-order valence-electron chi connectivity index (χ4n) is 4.28. The van der Waals surface area contributed by atoms with E-state index < -0.39 is 0 Å². The number of nitrogens with zero attached hydrogens (tertiary/aromatic N) is 2. The van der Waals surface area contributed by atoms with Gasteiger partial charge in [-0.25, -0.2) is 0 Å². The molecule has 1 atom stereocenters. The molecule has 2 aliphatic rings. The van der Waals surface area contributed by atoms with Crippen molar-refractivity contribution >= 4 is 0 Å². The van der Waals surface area contributed by atoms with E-state index in [-0.39, 0.29) is 0 Å². The van der Waals surface area contributed by atoms with Gasteiger partial charge in [-0.2, -0.15) is 0 Å². The summed E-state index contributed by atoms with van der Waals surface area (Å²) in [6.45, 7) is 5.24. The molecule has 30 heavy (non-hydrogen) atoms. The molecule has 2 aliphatic heterocycles. The molecular formula is C25H26N2O3. The van der Waals surface area contributed by atoms with Crippen LogP contribution in [-0.2, 0) is 6.54 Å². The normalized spacial score (nSPS) is 18.4. The molecule has 5 heteroatoms. The minimum Gasteiger partial charge on any atom is -0.486 e. The molecule has 3 heterocycles. The van der Waals surface area contributed by atoms with Crippen LogP contribution in [0.5, 0.6) is 23.0 Å². The van der Waals surface area contributed by atoms with Gasteiger partial charge >= 0.3 is 0 Å². The first kappa shape index (κ1) is 18.9. The number of rotatable bonds is 5. The standard InChI is InChI=1S/C25H26N2O3/c1-18-15-22(10-11-26-18)30-21-7-4-19(5-8-21)17-27-12-2-3-23(27)20-6-9-24-25(16-20)29-14-13-28-24/h4-11,15-16,23H,2-3,12-14,17H2,1H3/t23-/m1/s1. The van der Waals surface area contributed by atoms with Crippen LogP contribution in [0.25, 0.3) is 0 Å². The van der Waals surface area contributed by atoms with E-state index >= 15 is 0 Å². The van der Waals surface area contributed by atoms with Gasteiger partial charge in [-0.3, -0.25) is 9.88 Å². The second kappa shape index (κ2) is 8.36. The zero-order chi connectivity index (χ0) is 20.3. The number of aryl methyl sites for hydroxylation is 1. The Morgan fingerprint density at radius 2 is 1.80 bits per heavy atom. The van der Waals surface area contributed by atoms with Gasteiger partial charge in [-0.15, -0.1) is 0 Å². The van der Waals surface area contributed by atoms with E-state index in [2.05, 4.69) is 34.1 Å². The van der Waals surface area contributed by atoms with Crippen LogP contribution >= 0.6 is 0 Å². The van der Waals surface area contributed by atoms with Crippen LogP contribution in [0.3, 0.4) is 0 Å². The zero-order valence-electron chi connectivity index (χ0n) is 17.2. The van der Waals surface area contributed by atoms with Gasteiger partial charge in [0.25, 0.3) is 0 Å². The molecule has 5 nitrogen and oxygen atoms in total. The van der Waals surface area contributed by atoms with Crippen LogP contribution in [-0.4, -0.2) is 29.6 Å².